The van der Waals surface area contributed by atoms with Gasteiger partial charge in [0.2, 0.25) is 0 Å². The molecule has 5 nitrogen and oxygen atoms in total. The van der Waals surface area contributed by atoms with Crippen LogP contribution in [0.2, 0.25) is 0 Å². The Balaban J connectivity index is 1.27. The van der Waals surface area contributed by atoms with Gasteiger partial charge in [-0.1, -0.05) is 32.0 Å². The molecule has 4 atom stereocenters. The van der Waals surface area contributed by atoms with Crippen LogP contribution in [0.3, 0.4) is 0 Å². The third kappa shape index (κ3) is 3.10. The molecule has 1 aromatic carbocycles. The number of carbonyl (C=O) groups is 1. The molecule has 2 fully saturated rings. The third-order valence-electron chi connectivity index (χ3n) is 6.12. The smallest absolute Gasteiger partial charge is 0.315 e. The van der Waals surface area contributed by atoms with Crippen LogP contribution >= 0.6 is 0 Å². The molecule has 0 bridgehead atoms. The molecule has 3 aliphatic rings. The summed E-state index contributed by atoms with van der Waals surface area (Å²) < 4.78 is 11.7. The lowest BCUT2D eigenvalue weighted by atomic mass is 9.55. The Kier molecular flexibility index (Phi) is 4.36. The topological polar surface area (TPSA) is 59.6 Å². The van der Waals surface area contributed by atoms with Gasteiger partial charge in [0.25, 0.3) is 0 Å². The summed E-state index contributed by atoms with van der Waals surface area (Å²) in [5.74, 6) is 1.75. The highest BCUT2D eigenvalue weighted by molar-refractivity contribution is 5.74. The van der Waals surface area contributed by atoms with E-state index in [2.05, 4.69) is 30.5 Å². The lowest BCUT2D eigenvalue weighted by Crippen LogP contribution is -2.70. The molecule has 0 aromatic heterocycles. The summed E-state index contributed by atoms with van der Waals surface area (Å²) in [5.41, 5.74) is 1.23. The van der Waals surface area contributed by atoms with Crippen LogP contribution in [0.1, 0.15) is 32.3 Å². The molecule has 0 unspecified atom stereocenters. The average molecular weight is 344 g/mol. The normalized spacial score (nSPS) is 32.4. The monoisotopic (exact) mass is 344 g/mol. The molecule has 2 amide bonds. The fourth-order valence-electron chi connectivity index (χ4n) is 4.77. The Morgan fingerprint density at radius 3 is 3.04 bits per heavy atom. The molecule has 2 heterocycles. The van der Waals surface area contributed by atoms with Gasteiger partial charge in [0, 0.05) is 36.4 Å². The van der Waals surface area contributed by atoms with Gasteiger partial charge in [0.05, 0.1) is 12.7 Å². The van der Waals surface area contributed by atoms with Crippen molar-refractivity contribution in [2.24, 2.45) is 17.3 Å². The second kappa shape index (κ2) is 6.52. The Labute approximate surface area is 149 Å². The Bertz CT molecular complexity index is 646. The van der Waals surface area contributed by atoms with Crippen LogP contribution in [0.5, 0.6) is 5.75 Å². The maximum absolute atomic E-state index is 12.4. The second-order valence-corrected chi connectivity index (χ2v) is 8.24. The van der Waals surface area contributed by atoms with Crippen molar-refractivity contribution in [2.75, 3.05) is 19.8 Å². The van der Waals surface area contributed by atoms with Crippen LogP contribution in [0, 0.1) is 17.3 Å². The SMILES string of the molecule is CC1(C)[C@H](NC(=O)NC[C@@H]2COc3ccccc3C2)[C@@H]2CCCO[C@@H]21. The zero-order valence-corrected chi connectivity index (χ0v) is 15.1. The molecule has 1 saturated carbocycles. The third-order valence-corrected chi connectivity index (χ3v) is 6.12. The lowest BCUT2D eigenvalue weighted by molar-refractivity contribution is -0.189. The van der Waals surface area contributed by atoms with Crippen molar-refractivity contribution >= 4 is 6.03 Å². The number of urea groups is 1. The number of nitrogens with one attached hydrogen (secondary N) is 2. The molecule has 0 spiro atoms. The fourth-order valence-corrected chi connectivity index (χ4v) is 4.77. The minimum absolute atomic E-state index is 0.00924. The zero-order valence-electron chi connectivity index (χ0n) is 15.1. The number of rotatable bonds is 3. The quantitative estimate of drug-likeness (QED) is 0.886. The number of para-hydroxylation sites is 1. The Morgan fingerprint density at radius 2 is 2.16 bits per heavy atom. The number of hydrogen-bond donors (Lipinski definition) is 2. The van der Waals surface area contributed by atoms with Gasteiger partial charge in [-0.3, -0.25) is 0 Å². The molecule has 25 heavy (non-hydrogen) atoms. The van der Waals surface area contributed by atoms with Crippen molar-refractivity contribution in [3.63, 3.8) is 0 Å². The van der Waals surface area contributed by atoms with Crippen molar-refractivity contribution in [1.29, 1.82) is 0 Å². The van der Waals surface area contributed by atoms with Gasteiger partial charge in [-0.05, 0) is 30.9 Å². The first kappa shape index (κ1) is 16.7. The first-order valence-corrected chi connectivity index (χ1v) is 9.42. The molecular weight excluding hydrogens is 316 g/mol. The minimum atomic E-state index is -0.0686. The van der Waals surface area contributed by atoms with Crippen molar-refractivity contribution in [3.8, 4) is 5.75 Å². The van der Waals surface area contributed by atoms with Crippen LogP contribution in [0.25, 0.3) is 0 Å². The predicted octanol–water partition coefficient (Wildman–Crippen LogP) is 2.74. The van der Waals surface area contributed by atoms with Crippen molar-refractivity contribution in [1.82, 2.24) is 10.6 Å². The van der Waals surface area contributed by atoms with Crippen molar-refractivity contribution in [2.45, 2.75) is 45.3 Å². The summed E-state index contributed by atoms with van der Waals surface area (Å²) in [7, 11) is 0. The molecule has 1 aromatic rings. The summed E-state index contributed by atoms with van der Waals surface area (Å²) in [6, 6.07) is 8.26. The summed E-state index contributed by atoms with van der Waals surface area (Å²) in [6.07, 6.45) is 3.47. The van der Waals surface area contributed by atoms with Gasteiger partial charge in [-0.2, -0.15) is 0 Å². The molecule has 1 saturated heterocycles. The largest absolute Gasteiger partial charge is 0.493 e. The number of carbonyl (C=O) groups excluding carboxylic acids is 1. The van der Waals surface area contributed by atoms with Gasteiger partial charge in [0.15, 0.2) is 0 Å². The standard InChI is InChI=1S/C20H28N2O3/c1-20(2)17(15-7-5-9-24-18(15)20)22-19(23)21-11-13-10-14-6-3-4-8-16(14)25-12-13/h3-4,6,8,13,15,17-18H,5,7,9-12H2,1-2H3,(H2,21,22,23)/t13-,15+,17-,18+/m1/s1. The summed E-state index contributed by atoms with van der Waals surface area (Å²) in [4.78, 5) is 12.4. The molecule has 2 aliphatic heterocycles. The van der Waals surface area contributed by atoms with E-state index in [9.17, 15) is 4.79 Å². The minimum Gasteiger partial charge on any atom is -0.493 e. The van der Waals surface area contributed by atoms with E-state index in [0.717, 1.165) is 31.6 Å². The van der Waals surface area contributed by atoms with E-state index in [1.54, 1.807) is 0 Å². The Hall–Kier alpha value is -1.75. The van der Waals surface area contributed by atoms with Gasteiger partial charge >= 0.3 is 6.03 Å². The molecule has 5 heteroatoms. The second-order valence-electron chi connectivity index (χ2n) is 8.24. The maximum Gasteiger partial charge on any atom is 0.315 e. The van der Waals surface area contributed by atoms with Gasteiger partial charge in [0.1, 0.15) is 5.75 Å². The van der Waals surface area contributed by atoms with Gasteiger partial charge < -0.3 is 20.1 Å². The number of hydrogen-bond acceptors (Lipinski definition) is 3. The number of benzene rings is 1. The van der Waals surface area contributed by atoms with E-state index < -0.39 is 0 Å². The fraction of sp³-hybridized carbons (Fsp3) is 0.650. The molecular formula is C20H28N2O3. The molecule has 0 radical (unpaired) electrons. The highest BCUT2D eigenvalue weighted by Crippen LogP contribution is 2.51. The van der Waals surface area contributed by atoms with Crippen molar-refractivity contribution < 1.29 is 14.3 Å². The van der Waals surface area contributed by atoms with Crippen LogP contribution in [-0.2, 0) is 11.2 Å². The highest BCUT2D eigenvalue weighted by atomic mass is 16.5. The summed E-state index contributed by atoms with van der Waals surface area (Å²) in [5, 5.41) is 6.24. The van der Waals surface area contributed by atoms with Crippen LogP contribution in [-0.4, -0.2) is 37.9 Å². The van der Waals surface area contributed by atoms with E-state index in [-0.39, 0.29) is 23.6 Å². The van der Waals surface area contributed by atoms with E-state index >= 15 is 0 Å². The zero-order chi connectivity index (χ0) is 17.4. The number of amides is 2. The summed E-state index contributed by atoms with van der Waals surface area (Å²) in [6.45, 7) is 6.53. The first-order valence-electron chi connectivity index (χ1n) is 9.42. The number of ether oxygens (including phenoxy) is 2. The number of fused-ring (bicyclic) bond motifs is 2. The highest BCUT2D eigenvalue weighted by Gasteiger charge is 2.58. The molecule has 4 rings (SSSR count). The van der Waals surface area contributed by atoms with Crippen LogP contribution in [0.4, 0.5) is 4.79 Å². The Morgan fingerprint density at radius 1 is 1.32 bits per heavy atom. The molecule has 1 aliphatic carbocycles. The van der Waals surface area contributed by atoms with Crippen LogP contribution < -0.4 is 15.4 Å². The van der Waals surface area contributed by atoms with E-state index in [1.165, 1.54) is 5.56 Å². The molecule has 2 N–H and O–H groups in total. The maximum atomic E-state index is 12.4. The van der Waals surface area contributed by atoms with E-state index in [1.807, 2.05) is 18.2 Å². The predicted molar refractivity (Wildman–Crippen MR) is 95.7 cm³/mol. The van der Waals surface area contributed by atoms with E-state index in [0.29, 0.717) is 25.0 Å². The van der Waals surface area contributed by atoms with Crippen LogP contribution in [0.15, 0.2) is 24.3 Å². The lowest BCUT2D eigenvalue weighted by Gasteiger charge is -2.59. The summed E-state index contributed by atoms with van der Waals surface area (Å²) >= 11 is 0. The van der Waals surface area contributed by atoms with E-state index in [4.69, 9.17) is 9.47 Å². The molecule has 136 valence electrons. The van der Waals surface area contributed by atoms with Gasteiger partial charge in [-0.15, -0.1) is 0 Å². The average Bonchev–Trinajstić information content (AvgIpc) is 2.64. The first-order chi connectivity index (χ1) is 12.1. The van der Waals surface area contributed by atoms with Crippen molar-refractivity contribution in [3.05, 3.63) is 29.8 Å². The van der Waals surface area contributed by atoms with Gasteiger partial charge in [-0.25, -0.2) is 4.79 Å².